The molecule has 0 radical (unpaired) electrons. The van der Waals surface area contributed by atoms with Gasteiger partial charge in [-0.05, 0) is 43.1 Å². The highest BCUT2D eigenvalue weighted by Crippen LogP contribution is 2.27. The Morgan fingerprint density at radius 3 is 2.54 bits per heavy atom. The van der Waals surface area contributed by atoms with Crippen molar-refractivity contribution >= 4 is 45.1 Å². The van der Waals surface area contributed by atoms with Gasteiger partial charge in [0.05, 0.1) is 6.04 Å². The summed E-state index contributed by atoms with van der Waals surface area (Å²) >= 11 is 4.38. The molecule has 1 atom stereocenters. The summed E-state index contributed by atoms with van der Waals surface area (Å²) in [4.78, 5) is 34.6. The first-order valence-electron chi connectivity index (χ1n) is 7.25. The van der Waals surface area contributed by atoms with E-state index in [4.69, 9.17) is 15.6 Å². The number of carboxylic acid groups (broad SMARTS) is 1. The summed E-state index contributed by atoms with van der Waals surface area (Å²) in [5.74, 6) is -2.06. The summed E-state index contributed by atoms with van der Waals surface area (Å²) in [7, 11) is 0. The van der Waals surface area contributed by atoms with E-state index in [-0.39, 0.29) is 24.3 Å². The highest BCUT2D eigenvalue weighted by Gasteiger charge is 2.22. The molecule has 134 valence electrons. The molecular formula is C15H21BrN2O5S. The standard InChI is InChI=1S/C15H21BrN2O5S/c1-15(2,3)23-11(19)5-4-10(13(17)20)18-6-8-9(16)7-24-12(8)14(21)22/h7,10,18H,4-6H2,1-3H3,(H2,17,20)(H,21,22)/t10-/m0/s1. The average Bonchev–Trinajstić information content (AvgIpc) is 2.77. The number of amides is 1. The predicted octanol–water partition coefficient (Wildman–Crippen LogP) is 2.27. The van der Waals surface area contributed by atoms with Crippen molar-refractivity contribution in [3.05, 3.63) is 20.3 Å². The minimum Gasteiger partial charge on any atom is -0.477 e. The zero-order valence-corrected chi connectivity index (χ0v) is 16.1. The van der Waals surface area contributed by atoms with Gasteiger partial charge in [0.25, 0.3) is 0 Å². The maximum Gasteiger partial charge on any atom is 0.346 e. The molecule has 24 heavy (non-hydrogen) atoms. The lowest BCUT2D eigenvalue weighted by Crippen LogP contribution is -2.41. The van der Waals surface area contributed by atoms with E-state index in [9.17, 15) is 14.4 Å². The SMILES string of the molecule is CC(C)(C)OC(=O)CC[C@H](NCc1c(Br)csc1C(=O)O)C(N)=O. The van der Waals surface area contributed by atoms with Crippen LogP contribution < -0.4 is 11.1 Å². The Morgan fingerprint density at radius 1 is 1.42 bits per heavy atom. The van der Waals surface area contributed by atoms with E-state index in [1.807, 2.05) is 0 Å². The van der Waals surface area contributed by atoms with Crippen LogP contribution >= 0.6 is 27.3 Å². The van der Waals surface area contributed by atoms with Crippen LogP contribution in [0.15, 0.2) is 9.85 Å². The van der Waals surface area contributed by atoms with Crippen LogP contribution in [0.2, 0.25) is 0 Å². The number of carbonyl (C=O) groups is 3. The number of hydrogen-bond donors (Lipinski definition) is 3. The highest BCUT2D eigenvalue weighted by atomic mass is 79.9. The topological polar surface area (TPSA) is 119 Å². The number of primary amides is 1. The molecule has 1 aromatic heterocycles. The third-order valence-electron chi connectivity index (χ3n) is 2.96. The van der Waals surface area contributed by atoms with E-state index in [2.05, 4.69) is 21.2 Å². The molecule has 0 bridgehead atoms. The summed E-state index contributed by atoms with van der Waals surface area (Å²) in [5, 5.41) is 13.7. The minimum atomic E-state index is -1.04. The Morgan fingerprint density at radius 2 is 2.04 bits per heavy atom. The van der Waals surface area contributed by atoms with Gasteiger partial charge in [-0.3, -0.25) is 9.59 Å². The van der Waals surface area contributed by atoms with Crippen molar-refractivity contribution in [1.29, 1.82) is 0 Å². The molecule has 0 aliphatic heterocycles. The maximum absolute atomic E-state index is 11.7. The van der Waals surface area contributed by atoms with Crippen molar-refractivity contribution in [3.8, 4) is 0 Å². The number of aromatic carboxylic acids is 1. The monoisotopic (exact) mass is 420 g/mol. The third-order valence-corrected chi connectivity index (χ3v) is 4.98. The molecule has 0 fully saturated rings. The summed E-state index contributed by atoms with van der Waals surface area (Å²) in [6.45, 7) is 5.43. The number of nitrogens with two attached hydrogens (primary N) is 1. The first-order valence-corrected chi connectivity index (χ1v) is 8.92. The maximum atomic E-state index is 11.7. The molecule has 1 aromatic rings. The number of nitrogens with one attached hydrogen (secondary N) is 1. The second-order valence-corrected chi connectivity index (χ2v) is 7.89. The fourth-order valence-corrected chi connectivity index (χ4v) is 3.47. The summed E-state index contributed by atoms with van der Waals surface area (Å²) in [5.41, 5.74) is 5.29. The van der Waals surface area contributed by atoms with Crippen molar-refractivity contribution in [2.24, 2.45) is 5.73 Å². The van der Waals surface area contributed by atoms with Gasteiger partial charge in [-0.1, -0.05) is 0 Å². The Kier molecular flexibility index (Phi) is 7.37. The highest BCUT2D eigenvalue weighted by molar-refractivity contribution is 9.10. The van der Waals surface area contributed by atoms with Crippen molar-refractivity contribution in [2.45, 2.75) is 51.8 Å². The van der Waals surface area contributed by atoms with Crippen LogP contribution in [0, 0.1) is 0 Å². The van der Waals surface area contributed by atoms with Crippen molar-refractivity contribution < 1.29 is 24.2 Å². The van der Waals surface area contributed by atoms with Gasteiger partial charge in [-0.2, -0.15) is 0 Å². The first-order chi connectivity index (χ1) is 11.0. The van der Waals surface area contributed by atoms with Gasteiger partial charge >= 0.3 is 11.9 Å². The molecule has 9 heteroatoms. The lowest BCUT2D eigenvalue weighted by atomic mass is 10.1. The molecule has 1 heterocycles. The van der Waals surface area contributed by atoms with Crippen molar-refractivity contribution in [1.82, 2.24) is 5.32 Å². The number of carboxylic acids is 1. The quantitative estimate of drug-likeness (QED) is 0.554. The number of rotatable bonds is 8. The molecule has 0 aliphatic carbocycles. The minimum absolute atomic E-state index is 0.0362. The molecule has 0 unspecified atom stereocenters. The fourth-order valence-electron chi connectivity index (χ4n) is 1.93. The normalized spacial score (nSPS) is 12.7. The van der Waals surface area contributed by atoms with E-state index in [0.717, 1.165) is 11.3 Å². The average molecular weight is 421 g/mol. The third kappa shape index (κ3) is 6.58. The van der Waals surface area contributed by atoms with Gasteiger partial charge in [0.1, 0.15) is 10.5 Å². The van der Waals surface area contributed by atoms with Gasteiger partial charge in [0.2, 0.25) is 5.91 Å². The lowest BCUT2D eigenvalue weighted by Gasteiger charge is -2.20. The zero-order chi connectivity index (χ0) is 18.5. The zero-order valence-electron chi connectivity index (χ0n) is 13.7. The summed E-state index contributed by atoms with van der Waals surface area (Å²) in [6.07, 6.45) is 0.211. The molecule has 0 aromatic carbocycles. The van der Waals surface area contributed by atoms with Gasteiger partial charge in [-0.25, -0.2) is 4.79 Å². The number of hydrogen-bond acceptors (Lipinski definition) is 6. The van der Waals surface area contributed by atoms with Gasteiger partial charge < -0.3 is 20.9 Å². The first kappa shape index (κ1) is 20.6. The van der Waals surface area contributed by atoms with E-state index >= 15 is 0 Å². The number of halogens is 1. The second kappa shape index (κ2) is 8.59. The summed E-state index contributed by atoms with van der Waals surface area (Å²) in [6, 6.07) is -0.758. The molecule has 0 aliphatic rings. The number of thiophene rings is 1. The van der Waals surface area contributed by atoms with Crippen LogP contribution in [0.1, 0.15) is 48.8 Å². The van der Waals surface area contributed by atoms with Crippen LogP contribution in [0.4, 0.5) is 0 Å². The Labute approximate surface area is 152 Å². The van der Waals surface area contributed by atoms with Crippen molar-refractivity contribution in [2.75, 3.05) is 0 Å². The Balaban J connectivity index is 2.65. The van der Waals surface area contributed by atoms with Gasteiger partial charge in [0, 0.05) is 28.4 Å². The van der Waals surface area contributed by atoms with Crippen molar-refractivity contribution in [3.63, 3.8) is 0 Å². The lowest BCUT2D eigenvalue weighted by molar-refractivity contribution is -0.155. The fraction of sp³-hybridized carbons (Fsp3) is 0.533. The van der Waals surface area contributed by atoms with E-state index in [1.54, 1.807) is 26.2 Å². The van der Waals surface area contributed by atoms with E-state index in [0.29, 0.717) is 10.0 Å². The Bertz CT molecular complexity index is 624. The molecule has 0 saturated heterocycles. The van der Waals surface area contributed by atoms with Crippen LogP contribution in [0.25, 0.3) is 0 Å². The smallest absolute Gasteiger partial charge is 0.346 e. The molecule has 4 N–H and O–H groups in total. The molecule has 0 saturated carbocycles. The molecule has 0 spiro atoms. The molecular weight excluding hydrogens is 400 g/mol. The van der Waals surface area contributed by atoms with Crippen LogP contribution in [-0.4, -0.2) is 34.6 Å². The van der Waals surface area contributed by atoms with Crippen LogP contribution in [0.5, 0.6) is 0 Å². The number of esters is 1. The largest absolute Gasteiger partial charge is 0.477 e. The Hall–Kier alpha value is -1.45. The van der Waals surface area contributed by atoms with Gasteiger partial charge in [0.15, 0.2) is 0 Å². The molecule has 1 amide bonds. The van der Waals surface area contributed by atoms with E-state index < -0.39 is 29.5 Å². The number of carbonyl (C=O) groups excluding carboxylic acids is 2. The second-order valence-electron chi connectivity index (χ2n) is 6.16. The number of ether oxygens (including phenoxy) is 1. The predicted molar refractivity (Wildman–Crippen MR) is 93.9 cm³/mol. The summed E-state index contributed by atoms with van der Waals surface area (Å²) < 4.78 is 5.83. The molecule has 7 nitrogen and oxygen atoms in total. The molecule has 1 rings (SSSR count). The van der Waals surface area contributed by atoms with Crippen LogP contribution in [0.3, 0.4) is 0 Å². The van der Waals surface area contributed by atoms with Gasteiger partial charge in [-0.15, -0.1) is 11.3 Å². The van der Waals surface area contributed by atoms with E-state index in [1.165, 1.54) is 0 Å². The van der Waals surface area contributed by atoms with Crippen LogP contribution in [-0.2, 0) is 20.9 Å².